The van der Waals surface area contributed by atoms with Gasteiger partial charge in [-0.05, 0) is 18.6 Å². The largest absolute Gasteiger partial charge is 0.490 e. The van der Waals surface area contributed by atoms with Crippen LogP contribution in [-0.4, -0.2) is 17.1 Å². The van der Waals surface area contributed by atoms with E-state index in [1.165, 1.54) is 13.4 Å². The fourth-order valence-electron chi connectivity index (χ4n) is 1.80. The van der Waals surface area contributed by atoms with E-state index in [2.05, 4.69) is 15.3 Å². The first-order chi connectivity index (χ1) is 9.13. The number of hydrogen-bond acceptors (Lipinski definition) is 5. The van der Waals surface area contributed by atoms with Crippen molar-refractivity contribution in [3.05, 3.63) is 41.2 Å². The predicted octanol–water partition coefficient (Wildman–Crippen LogP) is 2.89. The molecule has 100 valence electrons. The Labute approximate surface area is 116 Å². The summed E-state index contributed by atoms with van der Waals surface area (Å²) in [5.41, 5.74) is 6.71. The van der Waals surface area contributed by atoms with Gasteiger partial charge in [0.1, 0.15) is 6.33 Å². The molecule has 0 aliphatic rings. The van der Waals surface area contributed by atoms with Crippen LogP contribution >= 0.6 is 11.6 Å². The molecule has 1 atom stereocenters. The molecule has 2 rings (SSSR count). The molecule has 19 heavy (non-hydrogen) atoms. The maximum absolute atomic E-state index is 6.16. The number of halogens is 1. The lowest BCUT2D eigenvalue weighted by molar-refractivity contribution is 0.415. The topological polar surface area (TPSA) is 73.1 Å². The summed E-state index contributed by atoms with van der Waals surface area (Å²) in [4.78, 5) is 8.02. The quantitative estimate of drug-likeness (QED) is 0.900. The predicted molar refractivity (Wildman–Crippen MR) is 76.5 cm³/mol. The highest BCUT2D eigenvalue weighted by atomic mass is 35.5. The van der Waals surface area contributed by atoms with Crippen LogP contribution in [0.5, 0.6) is 5.75 Å². The number of anilines is 2. The van der Waals surface area contributed by atoms with E-state index in [9.17, 15) is 0 Å². The Hall–Kier alpha value is -2.01. The average Bonchev–Trinajstić information content (AvgIpc) is 2.39. The molecular formula is C13H15ClN4O. The van der Waals surface area contributed by atoms with Crippen LogP contribution in [0.1, 0.15) is 18.5 Å². The molecule has 0 bridgehead atoms. The molecule has 3 N–H and O–H groups in total. The number of hydrogen-bond donors (Lipinski definition) is 2. The van der Waals surface area contributed by atoms with Crippen LogP contribution in [0.4, 0.5) is 11.6 Å². The van der Waals surface area contributed by atoms with Crippen LogP contribution in [0.15, 0.2) is 30.6 Å². The SMILES string of the molecule is COc1c(N)ncnc1NC(C)c1ccccc1Cl. The van der Waals surface area contributed by atoms with Crippen molar-refractivity contribution in [1.82, 2.24) is 9.97 Å². The summed E-state index contributed by atoms with van der Waals surface area (Å²) in [5, 5.41) is 3.92. The highest BCUT2D eigenvalue weighted by molar-refractivity contribution is 6.31. The van der Waals surface area contributed by atoms with E-state index >= 15 is 0 Å². The van der Waals surface area contributed by atoms with Crippen molar-refractivity contribution in [2.75, 3.05) is 18.2 Å². The first-order valence-electron chi connectivity index (χ1n) is 5.79. The van der Waals surface area contributed by atoms with Crippen LogP contribution in [0.25, 0.3) is 0 Å². The second-order valence-electron chi connectivity index (χ2n) is 4.03. The second-order valence-corrected chi connectivity index (χ2v) is 4.44. The van der Waals surface area contributed by atoms with Crippen LogP contribution < -0.4 is 15.8 Å². The number of nitrogens with one attached hydrogen (secondary N) is 1. The number of methoxy groups -OCH3 is 1. The van der Waals surface area contributed by atoms with E-state index in [0.29, 0.717) is 22.4 Å². The Balaban J connectivity index is 2.27. The van der Waals surface area contributed by atoms with Crippen LogP contribution in [0.2, 0.25) is 5.02 Å². The molecule has 1 unspecified atom stereocenters. The van der Waals surface area contributed by atoms with Crippen molar-refractivity contribution in [3.63, 3.8) is 0 Å². The zero-order chi connectivity index (χ0) is 13.8. The molecule has 0 aliphatic carbocycles. The van der Waals surface area contributed by atoms with E-state index in [1.807, 2.05) is 31.2 Å². The molecule has 0 saturated heterocycles. The summed E-state index contributed by atoms with van der Waals surface area (Å²) in [6.45, 7) is 1.99. The molecule has 0 fully saturated rings. The van der Waals surface area contributed by atoms with Crippen molar-refractivity contribution < 1.29 is 4.74 Å². The molecule has 1 aromatic carbocycles. The molecule has 0 saturated carbocycles. The van der Waals surface area contributed by atoms with Crippen molar-refractivity contribution in [3.8, 4) is 5.75 Å². The van der Waals surface area contributed by atoms with Gasteiger partial charge in [0.25, 0.3) is 0 Å². The molecule has 0 spiro atoms. The van der Waals surface area contributed by atoms with Gasteiger partial charge in [-0.25, -0.2) is 9.97 Å². The lowest BCUT2D eigenvalue weighted by Crippen LogP contribution is -2.11. The molecular weight excluding hydrogens is 264 g/mol. The normalized spacial score (nSPS) is 11.9. The molecule has 0 amide bonds. The highest BCUT2D eigenvalue weighted by Crippen LogP contribution is 2.31. The summed E-state index contributed by atoms with van der Waals surface area (Å²) in [6, 6.07) is 7.60. The maximum atomic E-state index is 6.16. The molecule has 1 aromatic heterocycles. The van der Waals surface area contributed by atoms with Gasteiger partial charge in [0.15, 0.2) is 11.6 Å². The number of nitrogens with zero attached hydrogens (tertiary/aromatic N) is 2. The smallest absolute Gasteiger partial charge is 0.203 e. The Kier molecular flexibility index (Phi) is 4.06. The Morgan fingerprint density at radius 2 is 2.05 bits per heavy atom. The highest BCUT2D eigenvalue weighted by Gasteiger charge is 2.14. The number of nitrogens with two attached hydrogens (primary N) is 1. The van der Waals surface area contributed by atoms with Crippen LogP contribution in [0, 0.1) is 0 Å². The number of nitrogen functional groups attached to an aromatic ring is 1. The number of aromatic nitrogens is 2. The lowest BCUT2D eigenvalue weighted by Gasteiger charge is -2.18. The lowest BCUT2D eigenvalue weighted by atomic mass is 10.1. The number of rotatable bonds is 4. The van der Waals surface area contributed by atoms with Crippen molar-refractivity contribution >= 4 is 23.2 Å². The third kappa shape index (κ3) is 2.88. The van der Waals surface area contributed by atoms with E-state index in [-0.39, 0.29) is 6.04 Å². The summed E-state index contributed by atoms with van der Waals surface area (Å²) < 4.78 is 5.20. The minimum absolute atomic E-state index is 0.0306. The number of ether oxygens (including phenoxy) is 1. The first-order valence-corrected chi connectivity index (χ1v) is 6.16. The zero-order valence-corrected chi connectivity index (χ0v) is 11.5. The van der Waals surface area contributed by atoms with Crippen molar-refractivity contribution in [1.29, 1.82) is 0 Å². The van der Waals surface area contributed by atoms with Crippen LogP contribution in [-0.2, 0) is 0 Å². The average molecular weight is 279 g/mol. The zero-order valence-electron chi connectivity index (χ0n) is 10.7. The Morgan fingerprint density at radius 1 is 1.32 bits per heavy atom. The summed E-state index contributed by atoms with van der Waals surface area (Å²) in [5.74, 6) is 1.27. The summed E-state index contributed by atoms with van der Waals surface area (Å²) in [7, 11) is 1.53. The fourth-order valence-corrected chi connectivity index (χ4v) is 2.10. The van der Waals surface area contributed by atoms with Gasteiger partial charge < -0.3 is 15.8 Å². The van der Waals surface area contributed by atoms with E-state index in [0.717, 1.165) is 5.56 Å². The van der Waals surface area contributed by atoms with Gasteiger partial charge in [-0.2, -0.15) is 0 Å². The standard InChI is InChI=1S/C13H15ClN4O/c1-8(9-5-3-4-6-10(9)14)18-13-11(19-2)12(15)16-7-17-13/h3-8H,1-2H3,(H3,15,16,17,18). The molecule has 0 aliphatic heterocycles. The van der Waals surface area contributed by atoms with Gasteiger partial charge in [0.2, 0.25) is 5.75 Å². The maximum Gasteiger partial charge on any atom is 0.203 e. The molecule has 2 aromatic rings. The van der Waals surface area contributed by atoms with E-state index in [1.54, 1.807) is 0 Å². The van der Waals surface area contributed by atoms with Gasteiger partial charge in [-0.1, -0.05) is 29.8 Å². The van der Waals surface area contributed by atoms with E-state index in [4.69, 9.17) is 22.1 Å². The third-order valence-corrected chi connectivity index (χ3v) is 3.10. The minimum atomic E-state index is -0.0306. The summed E-state index contributed by atoms with van der Waals surface area (Å²) >= 11 is 6.16. The van der Waals surface area contributed by atoms with Gasteiger partial charge >= 0.3 is 0 Å². The monoisotopic (exact) mass is 278 g/mol. The molecule has 5 nitrogen and oxygen atoms in total. The van der Waals surface area contributed by atoms with Crippen molar-refractivity contribution in [2.24, 2.45) is 0 Å². The van der Waals surface area contributed by atoms with Gasteiger partial charge in [-0.15, -0.1) is 0 Å². The third-order valence-electron chi connectivity index (χ3n) is 2.76. The number of benzene rings is 1. The summed E-state index contributed by atoms with van der Waals surface area (Å²) in [6.07, 6.45) is 1.39. The van der Waals surface area contributed by atoms with Crippen LogP contribution in [0.3, 0.4) is 0 Å². The second kappa shape index (κ2) is 5.75. The molecule has 1 heterocycles. The van der Waals surface area contributed by atoms with Gasteiger partial charge in [-0.3, -0.25) is 0 Å². The van der Waals surface area contributed by atoms with E-state index < -0.39 is 0 Å². The minimum Gasteiger partial charge on any atom is -0.490 e. The Morgan fingerprint density at radius 3 is 2.74 bits per heavy atom. The molecule has 0 radical (unpaired) electrons. The molecule has 6 heteroatoms. The van der Waals surface area contributed by atoms with Gasteiger partial charge in [0, 0.05) is 5.02 Å². The fraction of sp³-hybridized carbons (Fsp3) is 0.231. The van der Waals surface area contributed by atoms with Gasteiger partial charge in [0.05, 0.1) is 13.2 Å². The first kappa shape index (κ1) is 13.4. The Bertz CT molecular complexity index is 576. The van der Waals surface area contributed by atoms with Crippen molar-refractivity contribution in [2.45, 2.75) is 13.0 Å².